The van der Waals surface area contributed by atoms with Crippen LogP contribution in [0.3, 0.4) is 0 Å². The first-order valence-electron chi connectivity index (χ1n) is 7.71. The lowest BCUT2D eigenvalue weighted by Crippen LogP contribution is -2.66. The van der Waals surface area contributed by atoms with Crippen LogP contribution in [0.4, 0.5) is 48.3 Å². The maximum absolute atomic E-state index is 13.9. The SMILES string of the molecule is COC(CC(F)(F)C(F)(F)C(F)(F)C(F)(F)C(F)(F)F)c1ccc(OC(C)=O)cc1. The highest BCUT2D eigenvalue weighted by molar-refractivity contribution is 5.69. The van der Waals surface area contributed by atoms with Gasteiger partial charge >= 0.3 is 35.8 Å². The highest BCUT2D eigenvalue weighted by Crippen LogP contribution is 2.58. The molecule has 0 spiro atoms. The van der Waals surface area contributed by atoms with Crippen molar-refractivity contribution < 1.29 is 62.6 Å². The minimum atomic E-state index is -7.47. The molecule has 30 heavy (non-hydrogen) atoms. The summed E-state index contributed by atoms with van der Waals surface area (Å²) in [5.74, 6) is -29.0. The van der Waals surface area contributed by atoms with Gasteiger partial charge in [0.25, 0.3) is 0 Å². The van der Waals surface area contributed by atoms with Crippen molar-refractivity contribution in [2.24, 2.45) is 0 Å². The van der Waals surface area contributed by atoms with Crippen molar-refractivity contribution in [2.75, 3.05) is 7.11 Å². The van der Waals surface area contributed by atoms with Gasteiger partial charge in [-0.1, -0.05) is 12.1 Å². The molecule has 3 nitrogen and oxygen atoms in total. The second-order valence-corrected chi connectivity index (χ2v) is 6.02. The highest BCUT2D eigenvalue weighted by atomic mass is 19.4. The van der Waals surface area contributed by atoms with Crippen LogP contribution in [0.5, 0.6) is 5.75 Å². The van der Waals surface area contributed by atoms with Crippen molar-refractivity contribution >= 4 is 5.97 Å². The molecule has 0 heterocycles. The summed E-state index contributed by atoms with van der Waals surface area (Å²) in [6, 6.07) is 3.79. The normalized spacial score (nSPS) is 15.1. The number of carbonyl (C=O) groups is 1. The van der Waals surface area contributed by atoms with Crippen LogP contribution in [0, 0.1) is 0 Å². The van der Waals surface area contributed by atoms with E-state index >= 15 is 0 Å². The molecule has 1 aromatic rings. The lowest BCUT2D eigenvalue weighted by Gasteiger charge is -2.38. The first-order valence-corrected chi connectivity index (χ1v) is 7.71. The molecule has 0 saturated carbocycles. The molecule has 0 N–H and O–H groups in total. The monoisotopic (exact) mass is 462 g/mol. The van der Waals surface area contributed by atoms with Gasteiger partial charge in [-0.2, -0.15) is 48.3 Å². The Hall–Kier alpha value is -2.12. The number of halogens is 11. The second-order valence-electron chi connectivity index (χ2n) is 6.02. The molecule has 172 valence electrons. The zero-order chi connectivity index (χ0) is 23.8. The van der Waals surface area contributed by atoms with Gasteiger partial charge in [-0.15, -0.1) is 0 Å². The van der Waals surface area contributed by atoms with Crippen LogP contribution in [-0.2, 0) is 9.53 Å². The van der Waals surface area contributed by atoms with Crippen LogP contribution in [0.25, 0.3) is 0 Å². The van der Waals surface area contributed by atoms with E-state index in [1.165, 1.54) is 0 Å². The van der Waals surface area contributed by atoms with Gasteiger partial charge < -0.3 is 9.47 Å². The Balaban J connectivity index is 3.23. The predicted octanol–water partition coefficient (Wildman–Crippen LogP) is 5.79. The van der Waals surface area contributed by atoms with Crippen molar-refractivity contribution in [2.45, 2.75) is 49.3 Å². The number of ether oxygens (including phenoxy) is 2. The number of hydrogen-bond donors (Lipinski definition) is 0. The van der Waals surface area contributed by atoms with Gasteiger partial charge in [0, 0.05) is 20.5 Å². The lowest BCUT2D eigenvalue weighted by molar-refractivity contribution is -0.423. The summed E-state index contributed by atoms with van der Waals surface area (Å²) in [5, 5.41) is 0. The average molecular weight is 462 g/mol. The van der Waals surface area contributed by atoms with E-state index in [-0.39, 0.29) is 11.3 Å². The van der Waals surface area contributed by atoms with E-state index in [4.69, 9.17) is 0 Å². The zero-order valence-corrected chi connectivity index (χ0v) is 15.0. The van der Waals surface area contributed by atoms with Crippen LogP contribution < -0.4 is 4.74 Å². The molecule has 1 rings (SSSR count). The molecule has 0 fully saturated rings. The lowest BCUT2D eigenvalue weighted by atomic mass is 9.92. The Bertz CT molecular complexity index is 742. The molecule has 0 amide bonds. The summed E-state index contributed by atoms with van der Waals surface area (Å²) in [4.78, 5) is 10.8. The van der Waals surface area contributed by atoms with Crippen LogP contribution in [0.2, 0.25) is 0 Å². The van der Waals surface area contributed by atoms with Crippen molar-refractivity contribution in [3.8, 4) is 5.75 Å². The molecule has 1 aromatic carbocycles. The molecular formula is C16H13F11O3. The molecule has 14 heteroatoms. The quantitative estimate of drug-likeness (QED) is 0.279. The third-order valence-electron chi connectivity index (χ3n) is 3.84. The van der Waals surface area contributed by atoms with Crippen LogP contribution >= 0.6 is 0 Å². The van der Waals surface area contributed by atoms with Gasteiger partial charge in [0.1, 0.15) is 5.75 Å². The fourth-order valence-electron chi connectivity index (χ4n) is 2.22. The van der Waals surface area contributed by atoms with Gasteiger partial charge in [0.15, 0.2) is 0 Å². The molecular weight excluding hydrogens is 449 g/mol. The first-order chi connectivity index (χ1) is 13.3. The standard InChI is InChI=1S/C16H13F11O3/c1-8(28)30-10-5-3-9(4-6-10)11(29-2)7-12(17,18)13(19,20)14(21,22)15(23,24)16(25,26)27/h3-6,11H,7H2,1-2H3. The molecule has 0 aliphatic heterocycles. The molecule has 0 aliphatic rings. The number of benzene rings is 1. The highest BCUT2D eigenvalue weighted by Gasteiger charge is 2.87. The molecule has 0 saturated heterocycles. The van der Waals surface area contributed by atoms with E-state index in [0.29, 0.717) is 7.11 Å². The Morgan fingerprint density at radius 3 is 1.67 bits per heavy atom. The molecule has 0 aliphatic carbocycles. The Morgan fingerprint density at radius 2 is 1.30 bits per heavy atom. The minimum absolute atomic E-state index is 0.116. The molecule has 0 aromatic heterocycles. The Labute approximate surface area is 161 Å². The van der Waals surface area contributed by atoms with E-state index in [9.17, 15) is 53.1 Å². The molecule has 0 bridgehead atoms. The topological polar surface area (TPSA) is 35.5 Å². The largest absolute Gasteiger partial charge is 0.460 e. The van der Waals surface area contributed by atoms with Crippen molar-refractivity contribution in [1.82, 2.24) is 0 Å². The van der Waals surface area contributed by atoms with Gasteiger partial charge in [-0.05, 0) is 17.7 Å². The summed E-state index contributed by atoms with van der Waals surface area (Å²) in [5.41, 5.74) is -0.366. The maximum Gasteiger partial charge on any atom is 0.460 e. The van der Waals surface area contributed by atoms with E-state index in [1.807, 2.05) is 0 Å². The van der Waals surface area contributed by atoms with Gasteiger partial charge in [-0.3, -0.25) is 4.79 Å². The summed E-state index contributed by atoms with van der Waals surface area (Å²) in [6.45, 7) is 1.02. The van der Waals surface area contributed by atoms with Crippen molar-refractivity contribution in [1.29, 1.82) is 0 Å². The first kappa shape index (κ1) is 25.9. The van der Waals surface area contributed by atoms with Gasteiger partial charge in [-0.25, -0.2) is 0 Å². The van der Waals surface area contributed by atoms with Crippen molar-refractivity contribution in [3.63, 3.8) is 0 Å². The van der Waals surface area contributed by atoms with Gasteiger partial charge in [0.05, 0.1) is 6.10 Å². The predicted molar refractivity (Wildman–Crippen MR) is 78.0 cm³/mol. The summed E-state index contributed by atoms with van der Waals surface area (Å²) in [7, 11) is 0.682. The smallest absolute Gasteiger partial charge is 0.427 e. The summed E-state index contributed by atoms with van der Waals surface area (Å²) in [6.07, 6.45) is -11.7. The summed E-state index contributed by atoms with van der Waals surface area (Å²) >= 11 is 0. The van der Waals surface area contributed by atoms with Crippen LogP contribution in [0.15, 0.2) is 24.3 Å². The number of esters is 1. The Morgan fingerprint density at radius 1 is 0.833 bits per heavy atom. The number of hydrogen-bond acceptors (Lipinski definition) is 3. The van der Waals surface area contributed by atoms with Gasteiger partial charge in [0.2, 0.25) is 0 Å². The minimum Gasteiger partial charge on any atom is -0.427 e. The third kappa shape index (κ3) is 4.62. The average Bonchev–Trinajstić information content (AvgIpc) is 2.58. The fourth-order valence-corrected chi connectivity index (χ4v) is 2.22. The van der Waals surface area contributed by atoms with E-state index in [2.05, 4.69) is 9.47 Å². The summed E-state index contributed by atoms with van der Waals surface area (Å²) < 4.78 is 153. The number of rotatable bonds is 8. The fraction of sp³-hybridized carbons (Fsp3) is 0.562. The molecule has 1 atom stereocenters. The number of methoxy groups -OCH3 is 1. The number of alkyl halides is 11. The van der Waals surface area contributed by atoms with Crippen LogP contribution in [0.1, 0.15) is 25.0 Å². The van der Waals surface area contributed by atoms with E-state index in [0.717, 1.165) is 31.2 Å². The second kappa shape index (κ2) is 8.19. The van der Waals surface area contributed by atoms with Crippen molar-refractivity contribution in [3.05, 3.63) is 29.8 Å². The maximum atomic E-state index is 13.9. The van der Waals surface area contributed by atoms with E-state index < -0.39 is 48.4 Å². The molecule has 0 radical (unpaired) electrons. The molecule has 1 unspecified atom stereocenters. The Kier molecular flexibility index (Phi) is 7.08. The van der Waals surface area contributed by atoms with Crippen LogP contribution in [-0.4, -0.2) is 42.9 Å². The third-order valence-corrected chi connectivity index (χ3v) is 3.84. The zero-order valence-electron chi connectivity index (χ0n) is 15.0. The number of carbonyl (C=O) groups excluding carboxylic acids is 1. The van der Waals surface area contributed by atoms with E-state index in [1.54, 1.807) is 0 Å².